The third-order valence-electron chi connectivity index (χ3n) is 5.46. The molecule has 1 fully saturated rings. The van der Waals surface area contributed by atoms with E-state index in [1.807, 2.05) is 13.8 Å². The van der Waals surface area contributed by atoms with Gasteiger partial charge < -0.3 is 10.1 Å². The number of carbonyl (C=O) groups excluding carboxylic acids is 2. The Bertz CT molecular complexity index is 913. The number of rotatable bonds is 7. The topological polar surface area (TPSA) is 73.2 Å². The molecular weight excluding hydrogens is 385 g/mol. The molecule has 1 N–H and O–H groups in total. The van der Waals surface area contributed by atoms with Crippen molar-refractivity contribution in [3.05, 3.63) is 53.1 Å². The van der Waals surface area contributed by atoms with Gasteiger partial charge in [-0.05, 0) is 62.9 Å². The highest BCUT2D eigenvalue weighted by molar-refractivity contribution is 5.89. The minimum absolute atomic E-state index is 0.279. The summed E-state index contributed by atoms with van der Waals surface area (Å²) in [5, 5.41) is 7.30. The fourth-order valence-corrected chi connectivity index (χ4v) is 3.77. The van der Waals surface area contributed by atoms with Gasteiger partial charge in [0.25, 0.3) is 5.91 Å². The van der Waals surface area contributed by atoms with E-state index in [1.54, 1.807) is 22.9 Å². The van der Waals surface area contributed by atoms with Crippen LogP contribution in [-0.2, 0) is 14.3 Å². The van der Waals surface area contributed by atoms with Gasteiger partial charge in [-0.1, -0.05) is 19.3 Å². The third-order valence-corrected chi connectivity index (χ3v) is 5.46. The SMILES string of the molecule is Cc1nn(-c2ccc(F)cc2)c(C)c1/C=C/C(=O)OCC(=O)NCC1CCCCC1. The monoisotopic (exact) mass is 413 g/mol. The van der Waals surface area contributed by atoms with E-state index < -0.39 is 5.97 Å². The molecule has 6 nitrogen and oxygen atoms in total. The predicted octanol–water partition coefficient (Wildman–Crippen LogP) is 3.88. The molecule has 1 heterocycles. The molecule has 1 aromatic carbocycles. The van der Waals surface area contributed by atoms with Crippen LogP contribution in [0.2, 0.25) is 0 Å². The second kappa shape index (κ2) is 10.2. The van der Waals surface area contributed by atoms with Crippen molar-refractivity contribution in [2.24, 2.45) is 5.92 Å². The number of aryl methyl sites for hydroxylation is 1. The van der Waals surface area contributed by atoms with E-state index in [1.165, 1.54) is 37.5 Å². The highest BCUT2D eigenvalue weighted by Gasteiger charge is 2.15. The lowest BCUT2D eigenvalue weighted by Gasteiger charge is -2.21. The largest absolute Gasteiger partial charge is 0.452 e. The smallest absolute Gasteiger partial charge is 0.331 e. The molecule has 0 radical (unpaired) electrons. The first-order chi connectivity index (χ1) is 14.4. The summed E-state index contributed by atoms with van der Waals surface area (Å²) < 4.78 is 19.9. The Balaban J connectivity index is 1.52. The molecule has 0 atom stereocenters. The lowest BCUT2D eigenvalue weighted by atomic mass is 9.89. The summed E-state index contributed by atoms with van der Waals surface area (Å²) in [6.45, 7) is 4.06. The molecule has 0 saturated heterocycles. The van der Waals surface area contributed by atoms with Crippen LogP contribution in [0, 0.1) is 25.6 Å². The Labute approximate surface area is 176 Å². The van der Waals surface area contributed by atoms with Gasteiger partial charge in [0.05, 0.1) is 11.4 Å². The van der Waals surface area contributed by atoms with Crippen molar-refractivity contribution in [1.29, 1.82) is 0 Å². The van der Waals surface area contributed by atoms with Crippen molar-refractivity contribution in [1.82, 2.24) is 15.1 Å². The number of nitrogens with one attached hydrogen (secondary N) is 1. The molecule has 2 aromatic rings. The molecule has 1 aromatic heterocycles. The van der Waals surface area contributed by atoms with Crippen molar-refractivity contribution in [3.63, 3.8) is 0 Å². The van der Waals surface area contributed by atoms with E-state index in [9.17, 15) is 14.0 Å². The van der Waals surface area contributed by atoms with Crippen molar-refractivity contribution in [3.8, 4) is 5.69 Å². The molecule has 1 amide bonds. The summed E-state index contributed by atoms with van der Waals surface area (Å²) in [5.41, 5.74) is 3.05. The summed E-state index contributed by atoms with van der Waals surface area (Å²) in [7, 11) is 0. The average Bonchev–Trinajstić information content (AvgIpc) is 3.04. The number of hydrogen-bond donors (Lipinski definition) is 1. The van der Waals surface area contributed by atoms with Gasteiger partial charge in [-0.25, -0.2) is 13.9 Å². The number of ether oxygens (including phenoxy) is 1. The number of halogens is 1. The minimum Gasteiger partial charge on any atom is -0.452 e. The Morgan fingerprint density at radius 3 is 2.60 bits per heavy atom. The zero-order valence-corrected chi connectivity index (χ0v) is 17.5. The maximum absolute atomic E-state index is 13.1. The first kappa shape index (κ1) is 21.7. The van der Waals surface area contributed by atoms with Crippen molar-refractivity contribution in [2.75, 3.05) is 13.2 Å². The minimum atomic E-state index is -0.587. The zero-order chi connectivity index (χ0) is 21.5. The average molecular weight is 413 g/mol. The summed E-state index contributed by atoms with van der Waals surface area (Å²) in [6, 6.07) is 6.03. The van der Waals surface area contributed by atoms with Crippen LogP contribution in [0.4, 0.5) is 4.39 Å². The quantitative estimate of drug-likeness (QED) is 0.552. The van der Waals surface area contributed by atoms with Gasteiger partial charge >= 0.3 is 5.97 Å². The summed E-state index contributed by atoms with van der Waals surface area (Å²) >= 11 is 0. The van der Waals surface area contributed by atoms with Gasteiger partial charge in [0.15, 0.2) is 6.61 Å². The van der Waals surface area contributed by atoms with Gasteiger partial charge in [0.1, 0.15) is 5.82 Å². The molecule has 0 spiro atoms. The molecule has 0 aliphatic heterocycles. The van der Waals surface area contributed by atoms with Gasteiger partial charge in [-0.3, -0.25) is 4.79 Å². The summed E-state index contributed by atoms with van der Waals surface area (Å²) in [5.74, 6) is -0.650. The molecule has 160 valence electrons. The van der Waals surface area contributed by atoms with Crippen molar-refractivity contribution >= 4 is 18.0 Å². The number of aromatic nitrogens is 2. The molecular formula is C23H28FN3O3. The van der Waals surface area contributed by atoms with E-state index >= 15 is 0 Å². The maximum Gasteiger partial charge on any atom is 0.331 e. The van der Waals surface area contributed by atoms with Crippen molar-refractivity contribution in [2.45, 2.75) is 46.0 Å². The fourth-order valence-electron chi connectivity index (χ4n) is 3.77. The van der Waals surface area contributed by atoms with E-state index in [0.717, 1.165) is 35.5 Å². The number of carbonyl (C=O) groups is 2. The van der Waals surface area contributed by atoms with E-state index in [0.29, 0.717) is 12.5 Å². The van der Waals surface area contributed by atoms with E-state index in [2.05, 4.69) is 10.4 Å². The zero-order valence-electron chi connectivity index (χ0n) is 17.5. The van der Waals surface area contributed by atoms with Crippen LogP contribution in [-0.4, -0.2) is 34.8 Å². The van der Waals surface area contributed by atoms with Crippen molar-refractivity contribution < 1.29 is 18.7 Å². The third kappa shape index (κ3) is 5.78. The Morgan fingerprint density at radius 2 is 1.90 bits per heavy atom. The second-order valence-electron chi connectivity index (χ2n) is 7.72. The number of nitrogens with zero attached hydrogens (tertiary/aromatic N) is 2. The van der Waals surface area contributed by atoms with Gasteiger partial charge in [-0.15, -0.1) is 0 Å². The molecule has 1 aliphatic rings. The van der Waals surface area contributed by atoms with Crippen LogP contribution in [0.15, 0.2) is 30.3 Å². The lowest BCUT2D eigenvalue weighted by molar-refractivity contribution is -0.143. The normalized spacial score (nSPS) is 14.8. The van der Waals surface area contributed by atoms with E-state index in [4.69, 9.17) is 4.74 Å². The maximum atomic E-state index is 13.1. The van der Waals surface area contributed by atoms with Gasteiger partial charge in [0.2, 0.25) is 0 Å². The number of amides is 1. The fraction of sp³-hybridized carbons (Fsp3) is 0.435. The molecule has 1 saturated carbocycles. The van der Waals surface area contributed by atoms with Crippen LogP contribution >= 0.6 is 0 Å². The molecule has 0 unspecified atom stereocenters. The van der Waals surface area contributed by atoms with Crippen LogP contribution < -0.4 is 5.32 Å². The molecule has 1 aliphatic carbocycles. The number of hydrogen-bond acceptors (Lipinski definition) is 4. The molecule has 7 heteroatoms. The van der Waals surface area contributed by atoms with E-state index in [-0.39, 0.29) is 18.3 Å². The Hall–Kier alpha value is -2.96. The van der Waals surface area contributed by atoms with Crippen LogP contribution in [0.1, 0.15) is 49.1 Å². The Morgan fingerprint density at radius 1 is 1.20 bits per heavy atom. The predicted molar refractivity (Wildman–Crippen MR) is 113 cm³/mol. The Kier molecular flexibility index (Phi) is 7.38. The molecule has 0 bridgehead atoms. The highest BCUT2D eigenvalue weighted by atomic mass is 19.1. The standard InChI is InChI=1S/C23H28FN3O3/c1-16-21(17(2)27(26-16)20-10-8-19(24)9-11-20)12-13-23(29)30-15-22(28)25-14-18-6-4-3-5-7-18/h8-13,18H,3-7,14-15H2,1-2H3,(H,25,28)/b13-12+. The summed E-state index contributed by atoms with van der Waals surface area (Å²) in [6.07, 6.45) is 8.92. The first-order valence-corrected chi connectivity index (χ1v) is 10.4. The first-order valence-electron chi connectivity index (χ1n) is 10.4. The van der Waals surface area contributed by atoms with Gasteiger partial charge in [-0.2, -0.15) is 5.10 Å². The van der Waals surface area contributed by atoms with Crippen LogP contribution in [0.25, 0.3) is 11.8 Å². The van der Waals surface area contributed by atoms with Crippen LogP contribution in [0.5, 0.6) is 0 Å². The lowest BCUT2D eigenvalue weighted by Crippen LogP contribution is -2.33. The van der Waals surface area contributed by atoms with Crippen LogP contribution in [0.3, 0.4) is 0 Å². The molecule has 3 rings (SSSR count). The number of benzene rings is 1. The molecule has 30 heavy (non-hydrogen) atoms. The van der Waals surface area contributed by atoms with Gasteiger partial charge in [0, 0.05) is 23.9 Å². The highest BCUT2D eigenvalue weighted by Crippen LogP contribution is 2.22. The summed E-state index contributed by atoms with van der Waals surface area (Å²) in [4.78, 5) is 23.9. The number of esters is 1. The second-order valence-corrected chi connectivity index (χ2v) is 7.72.